The Kier molecular flexibility index (Phi) is 3.94. The average molecular weight is 414 g/mol. The molecule has 1 atom stereocenters. The fourth-order valence-electron chi connectivity index (χ4n) is 2.33. The van der Waals surface area contributed by atoms with E-state index in [1.807, 2.05) is 38.1 Å². The van der Waals surface area contributed by atoms with E-state index < -0.39 is 6.10 Å². The number of furan rings is 1. The molecule has 0 saturated carbocycles. The molecule has 0 saturated heterocycles. The first-order valence-electron chi connectivity index (χ1n) is 6.58. The molecule has 0 aliphatic carbocycles. The molecule has 0 bridgehead atoms. The van der Waals surface area contributed by atoms with Gasteiger partial charge in [-0.25, -0.2) is 0 Å². The van der Waals surface area contributed by atoms with Crippen LogP contribution in [0.1, 0.15) is 37.4 Å². The molecule has 1 unspecified atom stereocenters. The summed E-state index contributed by atoms with van der Waals surface area (Å²) < 4.78 is 9.24. The Morgan fingerprint density at radius 3 is 2.67 bits per heavy atom. The quantitative estimate of drug-likeness (QED) is 0.669. The van der Waals surface area contributed by atoms with E-state index in [0.717, 1.165) is 19.9 Å². The molecule has 0 aliphatic rings. The second-order valence-electron chi connectivity index (χ2n) is 5.13. The minimum absolute atomic E-state index is 0.150. The minimum Gasteiger partial charge on any atom is -0.457 e. The molecule has 110 valence electrons. The molecular weight excluding hydrogens is 400 g/mol. The number of hydrogen-bond acceptors (Lipinski definition) is 3. The van der Waals surface area contributed by atoms with Crippen LogP contribution in [0, 0.1) is 0 Å². The number of nitrogens with zero attached hydrogens (tertiary/aromatic N) is 2. The van der Waals surface area contributed by atoms with Crippen LogP contribution in [-0.4, -0.2) is 14.9 Å². The van der Waals surface area contributed by atoms with E-state index in [-0.39, 0.29) is 6.04 Å². The second-order valence-corrected chi connectivity index (χ2v) is 6.83. The highest BCUT2D eigenvalue weighted by Crippen LogP contribution is 2.35. The molecule has 3 rings (SSSR count). The molecule has 0 radical (unpaired) electrons. The van der Waals surface area contributed by atoms with Crippen LogP contribution in [0.4, 0.5) is 0 Å². The summed E-state index contributed by atoms with van der Waals surface area (Å²) in [7, 11) is 0. The highest BCUT2D eigenvalue weighted by Gasteiger charge is 2.24. The summed E-state index contributed by atoms with van der Waals surface area (Å²) in [6.45, 7) is 4.04. The van der Waals surface area contributed by atoms with Crippen molar-refractivity contribution < 1.29 is 9.52 Å². The van der Waals surface area contributed by atoms with Crippen molar-refractivity contribution in [1.29, 1.82) is 0 Å². The van der Waals surface area contributed by atoms with Gasteiger partial charge in [-0.3, -0.25) is 4.68 Å². The van der Waals surface area contributed by atoms with Gasteiger partial charge in [-0.05, 0) is 57.8 Å². The number of aliphatic hydroxyl groups is 1. The van der Waals surface area contributed by atoms with Crippen LogP contribution in [0.5, 0.6) is 0 Å². The van der Waals surface area contributed by atoms with Crippen molar-refractivity contribution in [3.8, 4) is 0 Å². The standard InChI is InChI=1S/C15H14Br2N2O2/c1-8(2)19-13(11(17)7-18-19)14(20)12-6-9-4-3-5-10(16)15(9)21-12/h3-8,14,20H,1-2H3. The summed E-state index contributed by atoms with van der Waals surface area (Å²) >= 11 is 6.91. The van der Waals surface area contributed by atoms with Crippen molar-refractivity contribution in [3.05, 3.63) is 50.9 Å². The Bertz CT molecular complexity index is 792. The summed E-state index contributed by atoms with van der Waals surface area (Å²) in [5.41, 5.74) is 1.43. The molecule has 3 aromatic rings. The summed E-state index contributed by atoms with van der Waals surface area (Å²) in [4.78, 5) is 0. The van der Waals surface area contributed by atoms with E-state index in [1.165, 1.54) is 0 Å². The Morgan fingerprint density at radius 2 is 2.00 bits per heavy atom. The zero-order valence-electron chi connectivity index (χ0n) is 11.5. The van der Waals surface area contributed by atoms with Crippen LogP contribution in [-0.2, 0) is 0 Å². The summed E-state index contributed by atoms with van der Waals surface area (Å²) in [5.74, 6) is 0.500. The molecule has 0 amide bonds. The zero-order valence-corrected chi connectivity index (χ0v) is 14.7. The largest absolute Gasteiger partial charge is 0.457 e. The third kappa shape index (κ3) is 2.56. The number of benzene rings is 1. The smallest absolute Gasteiger partial charge is 0.154 e. The fourth-order valence-corrected chi connectivity index (χ4v) is 3.29. The van der Waals surface area contributed by atoms with Gasteiger partial charge >= 0.3 is 0 Å². The van der Waals surface area contributed by atoms with Gasteiger partial charge < -0.3 is 9.52 Å². The predicted octanol–water partition coefficient (Wildman–Crippen LogP) is 4.82. The summed E-state index contributed by atoms with van der Waals surface area (Å²) in [6, 6.07) is 7.81. The summed E-state index contributed by atoms with van der Waals surface area (Å²) in [5, 5.41) is 15.9. The van der Waals surface area contributed by atoms with E-state index in [1.54, 1.807) is 10.9 Å². The van der Waals surface area contributed by atoms with Crippen molar-refractivity contribution in [2.24, 2.45) is 0 Å². The Morgan fingerprint density at radius 1 is 1.24 bits per heavy atom. The average Bonchev–Trinajstić information content (AvgIpc) is 3.02. The van der Waals surface area contributed by atoms with Crippen LogP contribution in [0.15, 0.2) is 43.8 Å². The van der Waals surface area contributed by atoms with Gasteiger partial charge in [-0.1, -0.05) is 12.1 Å². The molecule has 2 heterocycles. The van der Waals surface area contributed by atoms with Gasteiger partial charge in [0.05, 0.1) is 20.8 Å². The maximum atomic E-state index is 10.7. The van der Waals surface area contributed by atoms with Crippen molar-refractivity contribution in [3.63, 3.8) is 0 Å². The summed E-state index contributed by atoms with van der Waals surface area (Å²) in [6.07, 6.45) is 0.820. The van der Waals surface area contributed by atoms with Crippen molar-refractivity contribution in [2.75, 3.05) is 0 Å². The molecular formula is C15H14Br2N2O2. The number of halogens is 2. The van der Waals surface area contributed by atoms with E-state index >= 15 is 0 Å². The lowest BCUT2D eigenvalue weighted by Crippen LogP contribution is -2.12. The van der Waals surface area contributed by atoms with Gasteiger partial charge in [-0.2, -0.15) is 5.10 Å². The highest BCUT2D eigenvalue weighted by atomic mass is 79.9. The predicted molar refractivity (Wildman–Crippen MR) is 88.3 cm³/mol. The SMILES string of the molecule is CC(C)n1ncc(Br)c1C(O)c1cc2cccc(Br)c2o1. The van der Waals surface area contributed by atoms with Crippen LogP contribution < -0.4 is 0 Å². The lowest BCUT2D eigenvalue weighted by molar-refractivity contribution is 0.178. The van der Waals surface area contributed by atoms with E-state index in [2.05, 4.69) is 37.0 Å². The number of para-hydroxylation sites is 1. The fraction of sp³-hybridized carbons (Fsp3) is 0.267. The molecule has 21 heavy (non-hydrogen) atoms. The van der Waals surface area contributed by atoms with E-state index in [0.29, 0.717) is 11.5 Å². The normalized spacial score (nSPS) is 13.2. The Labute approximate surface area is 139 Å². The molecule has 0 aliphatic heterocycles. The van der Waals surface area contributed by atoms with Gasteiger partial charge in [0, 0.05) is 11.4 Å². The minimum atomic E-state index is -0.872. The lowest BCUT2D eigenvalue weighted by Gasteiger charge is -2.15. The second kappa shape index (κ2) is 5.59. The van der Waals surface area contributed by atoms with Crippen LogP contribution in [0.3, 0.4) is 0 Å². The Hall–Kier alpha value is -1.11. The maximum absolute atomic E-state index is 10.7. The van der Waals surface area contributed by atoms with Gasteiger partial charge in [0.15, 0.2) is 6.10 Å². The molecule has 1 N–H and O–H groups in total. The van der Waals surface area contributed by atoms with Gasteiger partial charge in [0.25, 0.3) is 0 Å². The third-order valence-electron chi connectivity index (χ3n) is 3.32. The third-order valence-corrected chi connectivity index (χ3v) is 4.56. The first-order chi connectivity index (χ1) is 9.99. The van der Waals surface area contributed by atoms with Gasteiger partial charge in [0.1, 0.15) is 11.3 Å². The number of fused-ring (bicyclic) bond motifs is 1. The van der Waals surface area contributed by atoms with Crippen LogP contribution in [0.25, 0.3) is 11.0 Å². The number of aliphatic hydroxyl groups excluding tert-OH is 1. The monoisotopic (exact) mass is 412 g/mol. The molecule has 0 fully saturated rings. The van der Waals surface area contributed by atoms with Gasteiger partial charge in [-0.15, -0.1) is 0 Å². The topological polar surface area (TPSA) is 51.2 Å². The molecule has 4 nitrogen and oxygen atoms in total. The number of rotatable bonds is 3. The van der Waals surface area contributed by atoms with Crippen molar-refractivity contribution in [1.82, 2.24) is 9.78 Å². The van der Waals surface area contributed by atoms with E-state index in [9.17, 15) is 5.11 Å². The van der Waals surface area contributed by atoms with E-state index in [4.69, 9.17) is 4.42 Å². The molecule has 0 spiro atoms. The zero-order chi connectivity index (χ0) is 15.1. The van der Waals surface area contributed by atoms with Crippen molar-refractivity contribution >= 4 is 42.8 Å². The van der Waals surface area contributed by atoms with Crippen molar-refractivity contribution in [2.45, 2.75) is 26.0 Å². The molecule has 1 aromatic carbocycles. The van der Waals surface area contributed by atoms with Crippen LogP contribution >= 0.6 is 31.9 Å². The maximum Gasteiger partial charge on any atom is 0.154 e. The van der Waals surface area contributed by atoms with Crippen LogP contribution in [0.2, 0.25) is 0 Å². The number of hydrogen-bond donors (Lipinski definition) is 1. The van der Waals surface area contributed by atoms with Gasteiger partial charge in [0.2, 0.25) is 0 Å². The highest BCUT2D eigenvalue weighted by molar-refractivity contribution is 9.11. The first-order valence-corrected chi connectivity index (χ1v) is 8.16. The molecule has 2 aromatic heterocycles. The number of aromatic nitrogens is 2. The first kappa shape index (κ1) is 14.8. The molecule has 6 heteroatoms. The lowest BCUT2D eigenvalue weighted by atomic mass is 10.1. The Balaban J connectivity index is 2.10.